The van der Waals surface area contributed by atoms with Crippen LogP contribution < -0.4 is 15.4 Å². The van der Waals surface area contributed by atoms with Crippen molar-refractivity contribution >= 4 is 29.9 Å². The van der Waals surface area contributed by atoms with Crippen molar-refractivity contribution in [3.8, 4) is 11.6 Å². The van der Waals surface area contributed by atoms with Gasteiger partial charge in [-0.3, -0.25) is 9.98 Å². The van der Waals surface area contributed by atoms with Crippen LogP contribution in [0.25, 0.3) is 0 Å². The van der Waals surface area contributed by atoms with Gasteiger partial charge in [-0.2, -0.15) is 0 Å². The zero-order valence-corrected chi connectivity index (χ0v) is 18.3. The molecule has 0 aliphatic carbocycles. The summed E-state index contributed by atoms with van der Waals surface area (Å²) in [5.74, 6) is 1.18. The Morgan fingerprint density at radius 1 is 1.07 bits per heavy atom. The van der Waals surface area contributed by atoms with E-state index < -0.39 is 0 Å². The minimum Gasteiger partial charge on any atom is -0.439 e. The fourth-order valence-electron chi connectivity index (χ4n) is 2.49. The number of pyridine rings is 2. The van der Waals surface area contributed by atoms with Crippen LogP contribution in [0.2, 0.25) is 0 Å². The average molecular weight is 507 g/mol. The highest BCUT2D eigenvalue weighted by Crippen LogP contribution is 2.19. The summed E-state index contributed by atoms with van der Waals surface area (Å²) in [6.07, 6.45) is 4.31. The largest absolute Gasteiger partial charge is 0.439 e. The first kappa shape index (κ1) is 22.5. The van der Waals surface area contributed by atoms with Gasteiger partial charge in [0.05, 0.1) is 0 Å². The van der Waals surface area contributed by atoms with Crippen LogP contribution >= 0.6 is 24.0 Å². The number of hydrogen-bond acceptors (Lipinski definition) is 4. The second kappa shape index (κ2) is 11.9. The van der Waals surface area contributed by atoms with Gasteiger partial charge >= 0.3 is 0 Å². The number of nitrogens with one attached hydrogen (secondary N) is 2. The van der Waals surface area contributed by atoms with Crippen LogP contribution in [-0.4, -0.2) is 29.5 Å². The molecule has 2 N–H and O–H groups in total. The van der Waals surface area contributed by atoms with Crippen molar-refractivity contribution in [2.45, 2.75) is 13.0 Å². The van der Waals surface area contributed by atoms with Crippen molar-refractivity contribution in [2.24, 2.45) is 4.99 Å². The van der Waals surface area contributed by atoms with Gasteiger partial charge in [0.2, 0.25) is 5.88 Å². The fraction of sp³-hybridized carbons (Fsp3) is 0.190. The molecular formula is C21H23FIN5O. The molecule has 3 aromatic rings. The zero-order chi connectivity index (χ0) is 19.6. The molecule has 2 aromatic heterocycles. The first-order chi connectivity index (χ1) is 13.7. The standard InChI is InChI=1S/C21H22FN5O.HI/c1-23-21(25-12-10-18-6-2-3-11-24-18)27-15-16-8-9-20(26-14-16)28-19-7-4-5-17(22)13-19;/h2-9,11,13-14H,10,12,15H2,1H3,(H2,23,25,27);1H. The number of nitrogens with zero attached hydrogens (tertiary/aromatic N) is 3. The second-order valence-electron chi connectivity index (χ2n) is 5.99. The van der Waals surface area contributed by atoms with Crippen molar-refractivity contribution in [2.75, 3.05) is 13.6 Å². The van der Waals surface area contributed by atoms with Gasteiger partial charge in [-0.15, -0.1) is 24.0 Å². The maximum atomic E-state index is 13.2. The smallest absolute Gasteiger partial charge is 0.219 e. The minimum atomic E-state index is -0.347. The van der Waals surface area contributed by atoms with E-state index in [0.29, 0.717) is 24.1 Å². The van der Waals surface area contributed by atoms with Gasteiger partial charge in [0.15, 0.2) is 5.96 Å². The molecule has 6 nitrogen and oxygen atoms in total. The van der Waals surface area contributed by atoms with Gasteiger partial charge < -0.3 is 15.4 Å². The number of rotatable bonds is 7. The summed E-state index contributed by atoms with van der Waals surface area (Å²) >= 11 is 0. The molecule has 0 spiro atoms. The third-order valence-corrected chi connectivity index (χ3v) is 3.90. The van der Waals surface area contributed by atoms with Crippen LogP contribution in [0.5, 0.6) is 11.6 Å². The quantitative estimate of drug-likeness (QED) is 0.288. The Bertz CT molecular complexity index is 906. The number of aromatic nitrogens is 2. The first-order valence-corrected chi connectivity index (χ1v) is 8.96. The topological polar surface area (TPSA) is 71.4 Å². The summed E-state index contributed by atoms with van der Waals surface area (Å²) < 4.78 is 18.7. The van der Waals surface area contributed by atoms with E-state index in [0.717, 1.165) is 24.2 Å². The van der Waals surface area contributed by atoms with Gasteiger partial charge in [-0.1, -0.05) is 18.2 Å². The van der Waals surface area contributed by atoms with E-state index in [4.69, 9.17) is 4.74 Å². The predicted octanol–water partition coefficient (Wildman–Crippen LogP) is 3.93. The Hall–Kier alpha value is -2.75. The summed E-state index contributed by atoms with van der Waals surface area (Å²) in [7, 11) is 1.73. The molecule has 0 unspecified atom stereocenters. The number of guanidine groups is 1. The summed E-state index contributed by atoms with van der Waals surface area (Å²) in [5.41, 5.74) is 2.00. The van der Waals surface area contributed by atoms with E-state index in [1.807, 2.05) is 24.3 Å². The van der Waals surface area contributed by atoms with Crippen molar-refractivity contribution in [1.29, 1.82) is 0 Å². The molecule has 0 saturated carbocycles. The zero-order valence-electron chi connectivity index (χ0n) is 16.0. The number of benzene rings is 1. The molecule has 0 fully saturated rings. The van der Waals surface area contributed by atoms with Crippen LogP contribution in [0, 0.1) is 5.82 Å². The molecule has 29 heavy (non-hydrogen) atoms. The molecule has 1 aromatic carbocycles. The van der Waals surface area contributed by atoms with Crippen molar-refractivity contribution in [3.63, 3.8) is 0 Å². The monoisotopic (exact) mass is 507 g/mol. The van der Waals surface area contributed by atoms with Crippen LogP contribution in [0.15, 0.2) is 72.0 Å². The molecule has 0 aliphatic rings. The lowest BCUT2D eigenvalue weighted by Crippen LogP contribution is -2.37. The molecule has 0 aliphatic heterocycles. The summed E-state index contributed by atoms with van der Waals surface area (Å²) in [6.45, 7) is 1.30. The van der Waals surface area contributed by atoms with Crippen molar-refractivity contribution in [3.05, 3.63) is 84.1 Å². The van der Waals surface area contributed by atoms with Crippen molar-refractivity contribution in [1.82, 2.24) is 20.6 Å². The Morgan fingerprint density at radius 2 is 1.97 bits per heavy atom. The number of halogens is 2. The predicted molar refractivity (Wildman–Crippen MR) is 122 cm³/mol. The third-order valence-electron chi connectivity index (χ3n) is 3.90. The molecule has 0 radical (unpaired) electrons. The summed E-state index contributed by atoms with van der Waals surface area (Å²) in [6, 6.07) is 15.5. The van der Waals surface area contributed by atoms with E-state index in [2.05, 4.69) is 25.6 Å². The van der Waals surface area contributed by atoms with Crippen LogP contribution in [0.4, 0.5) is 4.39 Å². The summed E-state index contributed by atoms with van der Waals surface area (Å²) in [4.78, 5) is 12.8. The van der Waals surface area contributed by atoms with E-state index in [1.165, 1.54) is 12.1 Å². The van der Waals surface area contributed by atoms with E-state index in [-0.39, 0.29) is 29.8 Å². The maximum absolute atomic E-state index is 13.2. The van der Waals surface area contributed by atoms with E-state index in [1.54, 1.807) is 37.6 Å². The molecule has 8 heteroatoms. The molecule has 152 valence electrons. The Labute approximate surface area is 186 Å². The highest BCUT2D eigenvalue weighted by atomic mass is 127. The molecule has 0 saturated heterocycles. The van der Waals surface area contributed by atoms with Gasteiger partial charge in [-0.05, 0) is 29.8 Å². The van der Waals surface area contributed by atoms with Gasteiger partial charge in [0.1, 0.15) is 11.6 Å². The summed E-state index contributed by atoms with van der Waals surface area (Å²) in [5, 5.41) is 6.49. The van der Waals surface area contributed by atoms with Gasteiger partial charge in [0, 0.05) is 56.8 Å². The Balaban J connectivity index is 0.00000300. The lowest BCUT2D eigenvalue weighted by molar-refractivity contribution is 0.457. The normalized spacial score (nSPS) is 10.8. The molecule has 3 rings (SSSR count). The number of hydrogen-bond donors (Lipinski definition) is 2. The van der Waals surface area contributed by atoms with Crippen LogP contribution in [0.3, 0.4) is 0 Å². The van der Waals surface area contributed by atoms with Gasteiger partial charge in [-0.25, -0.2) is 9.37 Å². The van der Waals surface area contributed by atoms with Crippen molar-refractivity contribution < 1.29 is 9.13 Å². The fourth-order valence-corrected chi connectivity index (χ4v) is 2.49. The van der Waals surface area contributed by atoms with E-state index in [9.17, 15) is 4.39 Å². The number of ether oxygens (including phenoxy) is 1. The van der Waals surface area contributed by atoms with Gasteiger partial charge in [0.25, 0.3) is 0 Å². The lowest BCUT2D eigenvalue weighted by atomic mass is 10.3. The Morgan fingerprint density at radius 3 is 2.66 bits per heavy atom. The number of aliphatic imine (C=N–C) groups is 1. The molecule has 0 amide bonds. The minimum absolute atomic E-state index is 0. The molecule has 2 heterocycles. The SMILES string of the molecule is CN=C(NCCc1ccccn1)NCc1ccc(Oc2cccc(F)c2)nc1.I. The molecular weight excluding hydrogens is 484 g/mol. The highest BCUT2D eigenvalue weighted by Gasteiger charge is 2.03. The lowest BCUT2D eigenvalue weighted by Gasteiger charge is -2.12. The average Bonchev–Trinajstić information content (AvgIpc) is 2.72. The first-order valence-electron chi connectivity index (χ1n) is 8.96. The third kappa shape index (κ3) is 7.65. The maximum Gasteiger partial charge on any atom is 0.219 e. The second-order valence-corrected chi connectivity index (χ2v) is 5.99. The Kier molecular flexibility index (Phi) is 9.29. The highest BCUT2D eigenvalue weighted by molar-refractivity contribution is 14.0. The van der Waals surface area contributed by atoms with Crippen LogP contribution in [0.1, 0.15) is 11.3 Å². The molecule has 0 atom stereocenters. The van der Waals surface area contributed by atoms with Crippen LogP contribution in [-0.2, 0) is 13.0 Å². The molecule has 0 bridgehead atoms. The van der Waals surface area contributed by atoms with E-state index >= 15 is 0 Å².